The first-order valence-corrected chi connectivity index (χ1v) is 7.44. The molecule has 5 heteroatoms. The van der Waals surface area contributed by atoms with Gasteiger partial charge in [-0.3, -0.25) is 0 Å². The summed E-state index contributed by atoms with van der Waals surface area (Å²) in [5, 5.41) is 13.1. The summed E-state index contributed by atoms with van der Waals surface area (Å²) < 4.78 is 1.73. The molecule has 1 atom stereocenters. The number of benzene rings is 2. The summed E-state index contributed by atoms with van der Waals surface area (Å²) in [5.41, 5.74) is 1.69. The van der Waals surface area contributed by atoms with E-state index in [2.05, 4.69) is 43.2 Å². The Bertz CT molecular complexity index is 638. The van der Waals surface area contributed by atoms with Crippen LogP contribution in [0, 0.1) is 11.3 Å². The lowest BCUT2D eigenvalue weighted by atomic mass is 10.1. The van der Waals surface area contributed by atoms with E-state index in [1.165, 1.54) is 0 Å². The van der Waals surface area contributed by atoms with Gasteiger partial charge < -0.3 is 5.32 Å². The largest absolute Gasteiger partial charge is 0.365 e. The molecule has 0 fully saturated rings. The molecular formula is C14H9Br2ClN2. The average molecular weight is 401 g/mol. The van der Waals surface area contributed by atoms with E-state index >= 15 is 0 Å². The molecule has 0 heterocycles. The maximum atomic E-state index is 9.31. The third-order valence-electron chi connectivity index (χ3n) is 2.58. The summed E-state index contributed by atoms with van der Waals surface area (Å²) in [5.74, 6) is 0. The molecule has 1 unspecified atom stereocenters. The Morgan fingerprint density at radius 3 is 2.47 bits per heavy atom. The number of para-hydroxylation sites is 1. The van der Waals surface area contributed by atoms with Gasteiger partial charge in [-0.25, -0.2) is 0 Å². The van der Waals surface area contributed by atoms with Gasteiger partial charge in [-0.05, 0) is 61.7 Å². The highest BCUT2D eigenvalue weighted by Crippen LogP contribution is 2.29. The van der Waals surface area contributed by atoms with Crippen LogP contribution in [0.4, 0.5) is 5.69 Å². The molecule has 0 spiro atoms. The van der Waals surface area contributed by atoms with Gasteiger partial charge >= 0.3 is 0 Å². The van der Waals surface area contributed by atoms with Crippen LogP contribution < -0.4 is 5.32 Å². The second-order valence-corrected chi connectivity index (χ2v) is 5.98. The summed E-state index contributed by atoms with van der Waals surface area (Å²) in [4.78, 5) is 0. The van der Waals surface area contributed by atoms with Crippen LogP contribution in [0.1, 0.15) is 11.6 Å². The number of nitriles is 1. The normalized spacial score (nSPS) is 11.7. The van der Waals surface area contributed by atoms with Crippen LogP contribution in [-0.2, 0) is 0 Å². The number of anilines is 1. The lowest BCUT2D eigenvalue weighted by Gasteiger charge is -2.15. The van der Waals surface area contributed by atoms with E-state index in [0.717, 1.165) is 20.2 Å². The van der Waals surface area contributed by atoms with Crippen molar-refractivity contribution in [3.8, 4) is 6.07 Å². The molecule has 1 N–H and O–H groups in total. The topological polar surface area (TPSA) is 35.8 Å². The first-order valence-electron chi connectivity index (χ1n) is 5.47. The van der Waals surface area contributed by atoms with Gasteiger partial charge in [0.25, 0.3) is 0 Å². The minimum absolute atomic E-state index is 0.454. The Balaban J connectivity index is 2.28. The molecule has 0 aromatic heterocycles. The Kier molecular flexibility index (Phi) is 4.87. The van der Waals surface area contributed by atoms with E-state index in [4.69, 9.17) is 11.6 Å². The van der Waals surface area contributed by atoms with Gasteiger partial charge in [0, 0.05) is 14.6 Å². The molecule has 0 aliphatic heterocycles. The quantitative estimate of drug-likeness (QED) is 0.734. The highest BCUT2D eigenvalue weighted by atomic mass is 79.9. The summed E-state index contributed by atoms with van der Waals surface area (Å²) in [7, 11) is 0. The molecule has 0 radical (unpaired) electrons. The van der Waals surface area contributed by atoms with E-state index in [1.807, 2.05) is 36.4 Å². The molecule has 2 aromatic carbocycles. The van der Waals surface area contributed by atoms with Crippen molar-refractivity contribution < 1.29 is 0 Å². The van der Waals surface area contributed by atoms with Crippen molar-refractivity contribution >= 4 is 49.1 Å². The van der Waals surface area contributed by atoms with Gasteiger partial charge in [-0.2, -0.15) is 5.26 Å². The molecule has 0 bridgehead atoms. The van der Waals surface area contributed by atoms with Crippen LogP contribution in [0.5, 0.6) is 0 Å². The summed E-state index contributed by atoms with van der Waals surface area (Å²) in [6, 6.07) is 14.9. The standard InChI is InChI=1S/C14H9Br2ClN2/c15-10-6-5-9(7-12(10)17)14(8-18)19-13-4-2-1-3-11(13)16/h1-7,14,19H. The van der Waals surface area contributed by atoms with Crippen molar-refractivity contribution in [2.24, 2.45) is 0 Å². The lowest BCUT2D eigenvalue weighted by molar-refractivity contribution is 0.995. The minimum Gasteiger partial charge on any atom is -0.365 e. The molecule has 0 saturated carbocycles. The molecule has 19 heavy (non-hydrogen) atoms. The van der Waals surface area contributed by atoms with E-state index < -0.39 is 6.04 Å². The van der Waals surface area contributed by atoms with Crippen LogP contribution in [0.2, 0.25) is 5.02 Å². The number of rotatable bonds is 3. The maximum absolute atomic E-state index is 9.31. The molecule has 0 amide bonds. The SMILES string of the molecule is N#CC(Nc1ccccc1Br)c1ccc(Br)c(Cl)c1. The van der Waals surface area contributed by atoms with Crippen LogP contribution in [0.3, 0.4) is 0 Å². The van der Waals surface area contributed by atoms with Crippen molar-refractivity contribution in [2.75, 3.05) is 5.32 Å². The van der Waals surface area contributed by atoms with E-state index in [0.29, 0.717) is 5.02 Å². The molecule has 96 valence electrons. The average Bonchev–Trinajstić information content (AvgIpc) is 2.41. The molecule has 0 aliphatic carbocycles. The predicted octanol–water partition coefficient (Wildman–Crippen LogP) is 5.54. The Morgan fingerprint density at radius 2 is 1.84 bits per heavy atom. The Labute approximate surface area is 133 Å². The van der Waals surface area contributed by atoms with Crippen molar-refractivity contribution in [1.29, 1.82) is 5.26 Å². The van der Waals surface area contributed by atoms with Crippen LogP contribution >= 0.6 is 43.5 Å². The zero-order chi connectivity index (χ0) is 13.8. The monoisotopic (exact) mass is 398 g/mol. The summed E-state index contributed by atoms with van der Waals surface area (Å²) in [6.07, 6.45) is 0. The predicted molar refractivity (Wildman–Crippen MR) is 85.3 cm³/mol. The Hall–Kier alpha value is -1.02. The van der Waals surface area contributed by atoms with E-state index in [-0.39, 0.29) is 0 Å². The second kappa shape index (κ2) is 6.42. The third kappa shape index (κ3) is 3.50. The van der Waals surface area contributed by atoms with Gasteiger partial charge in [-0.1, -0.05) is 29.8 Å². The molecule has 2 aromatic rings. The van der Waals surface area contributed by atoms with Crippen molar-refractivity contribution in [2.45, 2.75) is 6.04 Å². The fraction of sp³-hybridized carbons (Fsp3) is 0.0714. The Morgan fingerprint density at radius 1 is 1.11 bits per heavy atom. The molecule has 0 aliphatic rings. The maximum Gasteiger partial charge on any atom is 0.140 e. The first-order chi connectivity index (χ1) is 9.11. The van der Waals surface area contributed by atoms with Crippen molar-refractivity contribution in [1.82, 2.24) is 0 Å². The van der Waals surface area contributed by atoms with E-state index in [9.17, 15) is 5.26 Å². The van der Waals surface area contributed by atoms with Crippen LogP contribution in [-0.4, -0.2) is 0 Å². The number of nitrogens with zero attached hydrogens (tertiary/aromatic N) is 1. The fourth-order valence-corrected chi connectivity index (χ4v) is 2.45. The smallest absolute Gasteiger partial charge is 0.140 e. The van der Waals surface area contributed by atoms with Gasteiger partial charge in [0.1, 0.15) is 6.04 Å². The summed E-state index contributed by atoms with van der Waals surface area (Å²) in [6.45, 7) is 0. The van der Waals surface area contributed by atoms with Crippen LogP contribution in [0.25, 0.3) is 0 Å². The van der Waals surface area contributed by atoms with Gasteiger partial charge in [-0.15, -0.1) is 0 Å². The van der Waals surface area contributed by atoms with Crippen LogP contribution in [0.15, 0.2) is 51.4 Å². The number of nitrogens with one attached hydrogen (secondary N) is 1. The highest BCUT2D eigenvalue weighted by molar-refractivity contribution is 9.11. The first kappa shape index (κ1) is 14.4. The number of halogens is 3. The lowest BCUT2D eigenvalue weighted by Crippen LogP contribution is -2.08. The molecular weight excluding hydrogens is 391 g/mol. The zero-order valence-electron chi connectivity index (χ0n) is 9.70. The fourth-order valence-electron chi connectivity index (χ4n) is 1.62. The van der Waals surface area contributed by atoms with Gasteiger partial charge in [0.2, 0.25) is 0 Å². The zero-order valence-corrected chi connectivity index (χ0v) is 13.6. The number of hydrogen-bond donors (Lipinski definition) is 1. The number of hydrogen-bond acceptors (Lipinski definition) is 2. The van der Waals surface area contributed by atoms with Crippen molar-refractivity contribution in [3.05, 3.63) is 62.0 Å². The molecule has 2 nitrogen and oxygen atoms in total. The van der Waals surface area contributed by atoms with Gasteiger partial charge in [0.05, 0.1) is 11.1 Å². The van der Waals surface area contributed by atoms with Crippen molar-refractivity contribution in [3.63, 3.8) is 0 Å². The molecule has 0 saturated heterocycles. The van der Waals surface area contributed by atoms with Gasteiger partial charge in [0.15, 0.2) is 0 Å². The minimum atomic E-state index is -0.454. The third-order valence-corrected chi connectivity index (χ3v) is 4.50. The molecule has 2 rings (SSSR count). The second-order valence-electron chi connectivity index (χ2n) is 3.86. The highest BCUT2D eigenvalue weighted by Gasteiger charge is 2.12. The van der Waals surface area contributed by atoms with E-state index in [1.54, 1.807) is 6.07 Å². The summed E-state index contributed by atoms with van der Waals surface area (Å²) >= 11 is 12.8.